The van der Waals surface area contributed by atoms with Crippen molar-refractivity contribution in [2.24, 2.45) is 5.16 Å². The summed E-state index contributed by atoms with van der Waals surface area (Å²) >= 11 is 0. The van der Waals surface area contributed by atoms with Crippen LogP contribution in [-0.4, -0.2) is 34.2 Å². The maximum Gasteiger partial charge on any atom is 0.416 e. The fraction of sp³-hybridized carbons (Fsp3) is 0.118. The molecule has 1 aliphatic heterocycles. The van der Waals surface area contributed by atoms with Gasteiger partial charge in [0.25, 0.3) is 11.8 Å². The zero-order chi connectivity index (χ0) is 18.2. The number of amides is 2. The molecular weight excluding hydrogens is 337 g/mol. The number of fused-ring (bicyclic) bond motifs is 1. The molecule has 5 nitrogen and oxygen atoms in total. The Morgan fingerprint density at radius 2 is 1.48 bits per heavy atom. The highest BCUT2D eigenvalue weighted by Crippen LogP contribution is 2.29. The van der Waals surface area contributed by atoms with E-state index in [1.54, 1.807) is 12.1 Å². The van der Waals surface area contributed by atoms with Crippen LogP contribution in [0.25, 0.3) is 0 Å². The summed E-state index contributed by atoms with van der Waals surface area (Å²) in [6, 6.07) is 10.2. The number of imide groups is 1. The monoisotopic (exact) mass is 348 g/mol. The minimum Gasteiger partial charge on any atom is -0.411 e. The van der Waals surface area contributed by atoms with Crippen molar-refractivity contribution in [3.8, 4) is 0 Å². The Balaban J connectivity index is 1.85. The van der Waals surface area contributed by atoms with Crippen LogP contribution in [0.2, 0.25) is 0 Å². The van der Waals surface area contributed by atoms with Gasteiger partial charge in [0.15, 0.2) is 0 Å². The molecule has 2 aromatic rings. The maximum absolute atomic E-state index is 12.6. The molecule has 0 aliphatic carbocycles. The second kappa shape index (κ2) is 6.04. The van der Waals surface area contributed by atoms with Gasteiger partial charge in [-0.25, -0.2) is 0 Å². The molecule has 3 rings (SSSR count). The van der Waals surface area contributed by atoms with E-state index in [0.29, 0.717) is 0 Å². The zero-order valence-electron chi connectivity index (χ0n) is 12.6. The molecule has 2 aromatic carbocycles. The Morgan fingerprint density at radius 3 is 1.92 bits per heavy atom. The van der Waals surface area contributed by atoms with Gasteiger partial charge in [0.05, 0.1) is 23.2 Å². The molecule has 0 spiro atoms. The Labute approximate surface area is 140 Å². The topological polar surface area (TPSA) is 70.0 Å². The second-order valence-corrected chi connectivity index (χ2v) is 5.36. The quantitative estimate of drug-likeness (QED) is 0.401. The van der Waals surface area contributed by atoms with Crippen molar-refractivity contribution in [2.75, 3.05) is 6.54 Å². The predicted octanol–water partition coefficient (Wildman–Crippen LogP) is 3.18. The van der Waals surface area contributed by atoms with E-state index in [0.717, 1.165) is 29.2 Å². The first-order valence-corrected chi connectivity index (χ1v) is 7.16. The molecular formula is C17H11F3N2O3. The molecule has 0 aromatic heterocycles. The lowest BCUT2D eigenvalue weighted by Gasteiger charge is -2.15. The number of hydrogen-bond donors (Lipinski definition) is 1. The smallest absolute Gasteiger partial charge is 0.411 e. The number of carbonyl (C=O) groups is 2. The van der Waals surface area contributed by atoms with Crippen molar-refractivity contribution in [1.29, 1.82) is 0 Å². The minimum absolute atomic E-state index is 0.0942. The molecule has 0 saturated carbocycles. The third-order valence-electron chi connectivity index (χ3n) is 3.85. The van der Waals surface area contributed by atoms with Gasteiger partial charge in [-0.05, 0) is 24.3 Å². The summed E-state index contributed by atoms with van der Waals surface area (Å²) in [6.45, 7) is -0.353. The van der Waals surface area contributed by atoms with E-state index < -0.39 is 23.6 Å². The summed E-state index contributed by atoms with van der Waals surface area (Å²) in [4.78, 5) is 25.5. The number of hydrogen-bond acceptors (Lipinski definition) is 4. The minimum atomic E-state index is -4.49. The molecule has 25 heavy (non-hydrogen) atoms. The first-order chi connectivity index (χ1) is 11.8. The predicted molar refractivity (Wildman–Crippen MR) is 81.6 cm³/mol. The molecule has 2 amide bonds. The number of alkyl halides is 3. The first kappa shape index (κ1) is 16.7. The SMILES string of the molecule is O=C1c2ccccc2C(=O)N1CC(=NO)c1ccc(C(F)(F)F)cc1. The van der Waals surface area contributed by atoms with Crippen LogP contribution in [0.15, 0.2) is 53.7 Å². The zero-order valence-corrected chi connectivity index (χ0v) is 12.6. The van der Waals surface area contributed by atoms with Crippen molar-refractivity contribution in [3.05, 3.63) is 70.8 Å². The van der Waals surface area contributed by atoms with Crippen LogP contribution in [0, 0.1) is 0 Å². The lowest BCUT2D eigenvalue weighted by atomic mass is 10.1. The Bertz CT molecular complexity index is 838. The number of rotatable bonds is 3. The van der Waals surface area contributed by atoms with Crippen LogP contribution in [0.1, 0.15) is 31.8 Å². The highest BCUT2D eigenvalue weighted by atomic mass is 19.4. The van der Waals surface area contributed by atoms with Gasteiger partial charge in [-0.3, -0.25) is 14.5 Å². The molecule has 0 bridgehead atoms. The number of nitrogens with zero attached hydrogens (tertiary/aromatic N) is 2. The average Bonchev–Trinajstić information content (AvgIpc) is 2.84. The molecule has 8 heteroatoms. The lowest BCUT2D eigenvalue weighted by Crippen LogP contribution is -2.35. The van der Waals surface area contributed by atoms with E-state index in [1.165, 1.54) is 12.1 Å². The van der Waals surface area contributed by atoms with Crippen LogP contribution in [0.3, 0.4) is 0 Å². The highest BCUT2D eigenvalue weighted by molar-refractivity contribution is 6.23. The van der Waals surface area contributed by atoms with Gasteiger partial charge in [0.1, 0.15) is 5.71 Å². The van der Waals surface area contributed by atoms with Crippen LogP contribution >= 0.6 is 0 Å². The maximum atomic E-state index is 12.6. The summed E-state index contributed by atoms with van der Waals surface area (Å²) in [5.41, 5.74) is -0.307. The molecule has 0 saturated heterocycles. The largest absolute Gasteiger partial charge is 0.416 e. The summed E-state index contributed by atoms with van der Waals surface area (Å²) in [5.74, 6) is -1.10. The Morgan fingerprint density at radius 1 is 0.960 bits per heavy atom. The second-order valence-electron chi connectivity index (χ2n) is 5.36. The van der Waals surface area contributed by atoms with Gasteiger partial charge in [-0.2, -0.15) is 13.2 Å². The summed E-state index contributed by atoms with van der Waals surface area (Å²) in [7, 11) is 0. The van der Waals surface area contributed by atoms with Crippen LogP contribution < -0.4 is 0 Å². The Hall–Kier alpha value is -3.16. The normalized spacial score (nSPS) is 14.8. The standard InChI is InChI=1S/C17H11F3N2O3/c18-17(19,20)11-7-5-10(6-8-11)14(21-25)9-22-15(23)12-3-1-2-4-13(12)16(22)24/h1-8,25H,9H2. The molecule has 0 radical (unpaired) electrons. The van der Waals surface area contributed by atoms with E-state index in [9.17, 15) is 28.0 Å². The number of carbonyl (C=O) groups excluding carboxylic acids is 2. The molecule has 1 N–H and O–H groups in total. The van der Waals surface area contributed by atoms with Gasteiger partial charge >= 0.3 is 6.18 Å². The van der Waals surface area contributed by atoms with Crippen molar-refractivity contribution in [3.63, 3.8) is 0 Å². The van der Waals surface area contributed by atoms with Gasteiger partial charge in [0.2, 0.25) is 0 Å². The first-order valence-electron chi connectivity index (χ1n) is 7.16. The van der Waals surface area contributed by atoms with Crippen LogP contribution in [0.5, 0.6) is 0 Å². The van der Waals surface area contributed by atoms with E-state index >= 15 is 0 Å². The van der Waals surface area contributed by atoms with Crippen LogP contribution in [0.4, 0.5) is 13.2 Å². The number of benzene rings is 2. The molecule has 1 heterocycles. The van der Waals surface area contributed by atoms with E-state index in [2.05, 4.69) is 5.16 Å². The van der Waals surface area contributed by atoms with Crippen molar-refractivity contribution < 1.29 is 28.0 Å². The molecule has 0 atom stereocenters. The third kappa shape index (κ3) is 2.98. The summed E-state index contributed by atoms with van der Waals surface area (Å²) < 4.78 is 37.8. The summed E-state index contributed by atoms with van der Waals surface area (Å²) in [5, 5.41) is 12.2. The van der Waals surface area contributed by atoms with Gasteiger partial charge in [-0.15, -0.1) is 0 Å². The molecule has 0 unspecified atom stereocenters. The van der Waals surface area contributed by atoms with Crippen molar-refractivity contribution in [2.45, 2.75) is 6.18 Å². The Kier molecular flexibility index (Phi) is 4.03. The van der Waals surface area contributed by atoms with Gasteiger partial charge in [-0.1, -0.05) is 29.4 Å². The average molecular weight is 348 g/mol. The third-order valence-corrected chi connectivity index (χ3v) is 3.85. The number of oxime groups is 1. The van der Waals surface area contributed by atoms with Crippen molar-refractivity contribution >= 4 is 17.5 Å². The fourth-order valence-corrected chi connectivity index (χ4v) is 2.56. The van der Waals surface area contributed by atoms with Gasteiger partial charge in [0, 0.05) is 5.56 Å². The van der Waals surface area contributed by atoms with E-state index in [4.69, 9.17) is 0 Å². The molecule has 0 fully saturated rings. The fourth-order valence-electron chi connectivity index (χ4n) is 2.56. The van der Waals surface area contributed by atoms with Crippen molar-refractivity contribution in [1.82, 2.24) is 4.90 Å². The highest BCUT2D eigenvalue weighted by Gasteiger charge is 2.36. The van der Waals surface area contributed by atoms with Crippen LogP contribution in [-0.2, 0) is 6.18 Å². The van der Waals surface area contributed by atoms with E-state index in [1.807, 2.05) is 0 Å². The van der Waals surface area contributed by atoms with E-state index in [-0.39, 0.29) is 28.9 Å². The molecule has 128 valence electrons. The lowest BCUT2D eigenvalue weighted by molar-refractivity contribution is -0.137. The molecule has 1 aliphatic rings. The summed E-state index contributed by atoms with van der Waals surface area (Å²) in [6.07, 6.45) is -4.49. The number of halogens is 3. The van der Waals surface area contributed by atoms with Gasteiger partial charge < -0.3 is 5.21 Å².